The second kappa shape index (κ2) is 3.39. The van der Waals surface area contributed by atoms with Gasteiger partial charge in [-0.1, -0.05) is 6.92 Å². The molecule has 0 saturated carbocycles. The molecule has 0 aromatic carbocycles. The van der Waals surface area contributed by atoms with Gasteiger partial charge in [0.25, 0.3) is 0 Å². The molecule has 2 heterocycles. The molecule has 1 N–H and O–H groups in total. The summed E-state index contributed by atoms with van der Waals surface area (Å²) in [5.41, 5.74) is 2.99. The predicted octanol–water partition coefficient (Wildman–Crippen LogP) is 1.27. The van der Waals surface area contributed by atoms with Gasteiger partial charge in [0.05, 0.1) is 5.69 Å². The largest absolute Gasteiger partial charge is 0.316 e. The van der Waals surface area contributed by atoms with Crippen LogP contribution in [0.15, 0.2) is 6.07 Å². The quantitative estimate of drug-likeness (QED) is 0.783. The van der Waals surface area contributed by atoms with E-state index < -0.39 is 0 Å². The molecule has 0 bridgehead atoms. The van der Waals surface area contributed by atoms with Crippen molar-refractivity contribution in [3.63, 3.8) is 0 Å². The highest BCUT2D eigenvalue weighted by Crippen LogP contribution is 2.31. The lowest BCUT2D eigenvalue weighted by atomic mass is 9.75. The second-order valence-corrected chi connectivity index (χ2v) is 4.53. The fourth-order valence-electron chi connectivity index (χ4n) is 2.19. The molecule has 1 aliphatic rings. The Morgan fingerprint density at radius 1 is 1.57 bits per heavy atom. The highest BCUT2D eigenvalue weighted by Gasteiger charge is 2.35. The summed E-state index contributed by atoms with van der Waals surface area (Å²) in [6.45, 7) is 6.66. The first-order valence-corrected chi connectivity index (χ1v) is 5.35. The lowest BCUT2D eigenvalue weighted by Crippen LogP contribution is -2.54. The molecule has 3 heteroatoms. The first kappa shape index (κ1) is 9.71. The summed E-state index contributed by atoms with van der Waals surface area (Å²) in [5, 5.41) is 7.75. The van der Waals surface area contributed by atoms with Crippen molar-refractivity contribution >= 4 is 0 Å². The molecule has 0 atom stereocenters. The van der Waals surface area contributed by atoms with Gasteiger partial charge in [0.15, 0.2) is 0 Å². The third-order valence-electron chi connectivity index (χ3n) is 3.41. The van der Waals surface area contributed by atoms with Crippen LogP contribution < -0.4 is 5.32 Å². The third-order valence-corrected chi connectivity index (χ3v) is 3.41. The van der Waals surface area contributed by atoms with Crippen LogP contribution in [0.5, 0.6) is 0 Å². The number of aromatic nitrogens is 2. The van der Waals surface area contributed by atoms with Crippen molar-refractivity contribution in [2.45, 2.75) is 26.7 Å². The Balaban J connectivity index is 2.13. The van der Waals surface area contributed by atoms with Crippen molar-refractivity contribution in [3.8, 4) is 0 Å². The van der Waals surface area contributed by atoms with E-state index in [0.29, 0.717) is 5.41 Å². The highest BCUT2D eigenvalue weighted by atomic mass is 15.3. The Hall–Kier alpha value is -0.830. The van der Waals surface area contributed by atoms with Crippen molar-refractivity contribution in [1.29, 1.82) is 0 Å². The lowest BCUT2D eigenvalue weighted by molar-refractivity contribution is 0.157. The van der Waals surface area contributed by atoms with Gasteiger partial charge < -0.3 is 5.32 Å². The van der Waals surface area contributed by atoms with Crippen LogP contribution in [0.2, 0.25) is 0 Å². The summed E-state index contributed by atoms with van der Waals surface area (Å²) in [7, 11) is 2.04. The van der Waals surface area contributed by atoms with Crippen molar-refractivity contribution < 1.29 is 0 Å². The molecular formula is C11H19N3. The smallest absolute Gasteiger partial charge is 0.0596 e. The topological polar surface area (TPSA) is 29.9 Å². The zero-order valence-corrected chi connectivity index (χ0v) is 9.30. The zero-order chi connectivity index (χ0) is 10.2. The van der Waals surface area contributed by atoms with Gasteiger partial charge in [-0.2, -0.15) is 5.10 Å². The van der Waals surface area contributed by atoms with E-state index in [0.717, 1.165) is 25.2 Å². The maximum atomic E-state index is 4.38. The molecule has 0 aliphatic carbocycles. The molecule has 1 aliphatic heterocycles. The predicted molar refractivity (Wildman–Crippen MR) is 57.2 cm³/mol. The van der Waals surface area contributed by atoms with E-state index in [1.807, 2.05) is 11.7 Å². The molecule has 3 nitrogen and oxygen atoms in total. The fourth-order valence-corrected chi connectivity index (χ4v) is 2.19. The molecule has 0 radical (unpaired) electrons. The van der Waals surface area contributed by atoms with Gasteiger partial charge in [-0.05, 0) is 25.8 Å². The minimum Gasteiger partial charge on any atom is -0.316 e. The molecular weight excluding hydrogens is 174 g/mol. The van der Waals surface area contributed by atoms with E-state index in [1.165, 1.54) is 12.1 Å². The molecule has 78 valence electrons. The molecule has 0 unspecified atom stereocenters. The maximum Gasteiger partial charge on any atom is 0.0596 e. The maximum absolute atomic E-state index is 4.38. The Kier molecular flexibility index (Phi) is 2.35. The molecule has 14 heavy (non-hydrogen) atoms. The van der Waals surface area contributed by atoms with Crippen LogP contribution in [0.25, 0.3) is 0 Å². The van der Waals surface area contributed by atoms with Crippen molar-refractivity contribution in [2.24, 2.45) is 12.5 Å². The monoisotopic (exact) mass is 193 g/mol. The van der Waals surface area contributed by atoms with Crippen molar-refractivity contribution in [2.75, 3.05) is 13.1 Å². The standard InChI is InChI=1S/C11H19N3/c1-4-11(7-12-8-11)6-10-5-9(2)13-14(10)3/h5,12H,4,6-8H2,1-3H3. The summed E-state index contributed by atoms with van der Waals surface area (Å²) in [6, 6.07) is 2.20. The Morgan fingerprint density at radius 2 is 2.29 bits per heavy atom. The third kappa shape index (κ3) is 1.57. The van der Waals surface area contributed by atoms with Crippen LogP contribution in [-0.2, 0) is 13.5 Å². The minimum atomic E-state index is 0.500. The van der Waals surface area contributed by atoms with Gasteiger partial charge in [0, 0.05) is 31.2 Å². The number of nitrogens with one attached hydrogen (secondary N) is 1. The average molecular weight is 193 g/mol. The fraction of sp³-hybridized carbons (Fsp3) is 0.727. The van der Waals surface area contributed by atoms with E-state index in [4.69, 9.17) is 0 Å². The van der Waals surface area contributed by atoms with Crippen LogP contribution in [0.1, 0.15) is 24.7 Å². The summed E-state index contributed by atoms with van der Waals surface area (Å²) in [5.74, 6) is 0. The van der Waals surface area contributed by atoms with Gasteiger partial charge in [-0.25, -0.2) is 0 Å². The van der Waals surface area contributed by atoms with Crippen LogP contribution >= 0.6 is 0 Å². The van der Waals surface area contributed by atoms with Crippen molar-refractivity contribution in [3.05, 3.63) is 17.5 Å². The number of nitrogens with zero attached hydrogens (tertiary/aromatic N) is 2. The summed E-state index contributed by atoms with van der Waals surface area (Å²) in [6.07, 6.45) is 2.41. The van der Waals surface area contributed by atoms with Gasteiger partial charge in [-0.15, -0.1) is 0 Å². The highest BCUT2D eigenvalue weighted by molar-refractivity contribution is 5.12. The van der Waals surface area contributed by atoms with Gasteiger partial charge in [0.2, 0.25) is 0 Å². The van der Waals surface area contributed by atoms with Crippen LogP contribution in [0.4, 0.5) is 0 Å². The molecule has 1 aromatic rings. The number of aryl methyl sites for hydroxylation is 2. The van der Waals surface area contributed by atoms with Crippen molar-refractivity contribution in [1.82, 2.24) is 15.1 Å². The first-order chi connectivity index (χ1) is 6.65. The van der Waals surface area contributed by atoms with Crippen LogP contribution in [0.3, 0.4) is 0 Å². The SMILES string of the molecule is CCC1(Cc2cc(C)nn2C)CNC1. The Bertz CT molecular complexity index is 318. The molecule has 1 fully saturated rings. The van der Waals surface area contributed by atoms with Gasteiger partial charge in [0.1, 0.15) is 0 Å². The van der Waals surface area contributed by atoms with Crippen LogP contribution in [0, 0.1) is 12.3 Å². The summed E-state index contributed by atoms with van der Waals surface area (Å²) >= 11 is 0. The molecule has 1 aromatic heterocycles. The van der Waals surface area contributed by atoms with Crippen LogP contribution in [-0.4, -0.2) is 22.9 Å². The lowest BCUT2D eigenvalue weighted by Gasteiger charge is -2.42. The van der Waals surface area contributed by atoms with E-state index in [-0.39, 0.29) is 0 Å². The Morgan fingerprint density at radius 3 is 2.64 bits per heavy atom. The molecule has 0 amide bonds. The number of hydrogen-bond donors (Lipinski definition) is 1. The summed E-state index contributed by atoms with van der Waals surface area (Å²) in [4.78, 5) is 0. The number of rotatable bonds is 3. The first-order valence-electron chi connectivity index (χ1n) is 5.35. The number of hydrogen-bond acceptors (Lipinski definition) is 2. The normalized spacial score (nSPS) is 19.4. The second-order valence-electron chi connectivity index (χ2n) is 4.53. The van der Waals surface area contributed by atoms with Gasteiger partial charge in [-0.3, -0.25) is 4.68 Å². The summed E-state index contributed by atoms with van der Waals surface area (Å²) < 4.78 is 2.02. The van der Waals surface area contributed by atoms with E-state index in [9.17, 15) is 0 Å². The molecule has 1 saturated heterocycles. The minimum absolute atomic E-state index is 0.500. The average Bonchev–Trinajstić information content (AvgIpc) is 2.38. The van der Waals surface area contributed by atoms with E-state index >= 15 is 0 Å². The van der Waals surface area contributed by atoms with E-state index in [1.54, 1.807) is 0 Å². The molecule has 0 spiro atoms. The molecule has 2 rings (SSSR count). The van der Waals surface area contributed by atoms with Gasteiger partial charge >= 0.3 is 0 Å². The van der Waals surface area contributed by atoms with E-state index in [2.05, 4.69) is 30.3 Å². The Labute approximate surface area is 85.5 Å². The zero-order valence-electron chi connectivity index (χ0n) is 9.30.